The Kier molecular flexibility index (Phi) is 8.28. The molecule has 98 valence electrons. The Labute approximate surface area is 112 Å². The van der Waals surface area contributed by atoms with Crippen LogP contribution in [-0.2, 0) is 13.0 Å². The van der Waals surface area contributed by atoms with Crippen LogP contribution in [0.3, 0.4) is 0 Å². The number of benzene rings is 1. The molecule has 0 saturated heterocycles. The van der Waals surface area contributed by atoms with Crippen molar-refractivity contribution < 1.29 is 0 Å². The summed E-state index contributed by atoms with van der Waals surface area (Å²) in [4.78, 5) is 0. The predicted molar refractivity (Wildman–Crippen MR) is 78.8 cm³/mol. The SMILES string of the molecule is CC(C)CNCc1ccc(CC(C)C)cc1.Cl. The number of nitrogens with one attached hydrogen (secondary N) is 1. The zero-order chi connectivity index (χ0) is 12.0. The van der Waals surface area contributed by atoms with E-state index in [2.05, 4.69) is 57.3 Å². The summed E-state index contributed by atoms with van der Waals surface area (Å²) in [6, 6.07) is 8.99. The quantitative estimate of drug-likeness (QED) is 0.809. The van der Waals surface area contributed by atoms with Gasteiger partial charge in [0.05, 0.1) is 0 Å². The average Bonchev–Trinajstić information content (AvgIpc) is 2.19. The van der Waals surface area contributed by atoms with Crippen molar-refractivity contribution in [1.29, 1.82) is 0 Å². The maximum Gasteiger partial charge on any atom is 0.0205 e. The van der Waals surface area contributed by atoms with Crippen LogP contribution in [-0.4, -0.2) is 6.54 Å². The molecule has 0 aliphatic rings. The minimum Gasteiger partial charge on any atom is -0.312 e. The van der Waals surface area contributed by atoms with Gasteiger partial charge in [-0.2, -0.15) is 0 Å². The van der Waals surface area contributed by atoms with Gasteiger partial charge in [0.2, 0.25) is 0 Å². The average molecular weight is 256 g/mol. The van der Waals surface area contributed by atoms with Crippen LogP contribution >= 0.6 is 12.4 Å². The van der Waals surface area contributed by atoms with E-state index in [0.29, 0.717) is 0 Å². The Bertz CT molecular complexity index is 290. The summed E-state index contributed by atoms with van der Waals surface area (Å²) in [6.45, 7) is 11.1. The van der Waals surface area contributed by atoms with Crippen molar-refractivity contribution in [3.8, 4) is 0 Å². The molecule has 0 aliphatic heterocycles. The summed E-state index contributed by atoms with van der Waals surface area (Å²) in [5.74, 6) is 1.46. The lowest BCUT2D eigenvalue weighted by Crippen LogP contribution is -2.18. The second-order valence-electron chi connectivity index (χ2n) is 5.44. The topological polar surface area (TPSA) is 12.0 Å². The molecule has 0 atom stereocenters. The van der Waals surface area contributed by atoms with E-state index in [4.69, 9.17) is 0 Å². The molecule has 0 heterocycles. The fourth-order valence-corrected chi connectivity index (χ4v) is 1.77. The molecule has 1 aromatic carbocycles. The highest BCUT2D eigenvalue weighted by Crippen LogP contribution is 2.09. The minimum atomic E-state index is 0. The molecule has 0 bridgehead atoms. The normalized spacial score (nSPS) is 10.7. The predicted octanol–water partition coefficient (Wildman–Crippen LogP) is 4.05. The lowest BCUT2D eigenvalue weighted by Gasteiger charge is -2.09. The van der Waals surface area contributed by atoms with Crippen LogP contribution in [0.5, 0.6) is 0 Å². The monoisotopic (exact) mass is 255 g/mol. The molecule has 0 unspecified atom stereocenters. The number of hydrogen-bond donors (Lipinski definition) is 1. The van der Waals surface area contributed by atoms with Gasteiger partial charge in [-0.3, -0.25) is 0 Å². The molecule has 0 aromatic heterocycles. The first-order valence-corrected chi connectivity index (χ1v) is 6.36. The highest BCUT2D eigenvalue weighted by Gasteiger charge is 1.98. The van der Waals surface area contributed by atoms with Crippen LogP contribution in [0.4, 0.5) is 0 Å². The van der Waals surface area contributed by atoms with Crippen molar-refractivity contribution in [3.05, 3.63) is 35.4 Å². The van der Waals surface area contributed by atoms with Crippen LogP contribution in [0.15, 0.2) is 24.3 Å². The standard InChI is InChI=1S/C15H25N.ClH/c1-12(2)9-14-5-7-15(8-6-14)11-16-10-13(3)4;/h5-8,12-13,16H,9-11H2,1-4H3;1H. The van der Waals surface area contributed by atoms with Crippen molar-refractivity contribution >= 4 is 12.4 Å². The molecule has 0 radical (unpaired) electrons. The Balaban J connectivity index is 0.00000256. The highest BCUT2D eigenvalue weighted by molar-refractivity contribution is 5.85. The molecule has 0 fully saturated rings. The van der Waals surface area contributed by atoms with E-state index in [0.717, 1.165) is 24.9 Å². The summed E-state index contributed by atoms with van der Waals surface area (Å²) < 4.78 is 0. The van der Waals surface area contributed by atoms with Crippen molar-refractivity contribution in [2.24, 2.45) is 11.8 Å². The number of rotatable bonds is 6. The smallest absolute Gasteiger partial charge is 0.0205 e. The largest absolute Gasteiger partial charge is 0.312 e. The summed E-state index contributed by atoms with van der Waals surface area (Å²) in [7, 11) is 0. The fourth-order valence-electron chi connectivity index (χ4n) is 1.77. The zero-order valence-corrected chi connectivity index (χ0v) is 12.3. The van der Waals surface area contributed by atoms with Crippen LogP contribution in [0.25, 0.3) is 0 Å². The van der Waals surface area contributed by atoms with E-state index in [1.807, 2.05) is 0 Å². The van der Waals surface area contributed by atoms with Crippen LogP contribution in [0.2, 0.25) is 0 Å². The molecule has 0 spiro atoms. The Morgan fingerprint density at radius 3 is 1.88 bits per heavy atom. The van der Waals surface area contributed by atoms with Crippen LogP contribution in [0, 0.1) is 11.8 Å². The first-order chi connectivity index (χ1) is 7.58. The van der Waals surface area contributed by atoms with Gasteiger partial charge in [-0.15, -0.1) is 12.4 Å². The maximum atomic E-state index is 3.46. The molecule has 1 nitrogen and oxygen atoms in total. The molecule has 0 amide bonds. The van der Waals surface area contributed by atoms with Crippen molar-refractivity contribution in [3.63, 3.8) is 0 Å². The van der Waals surface area contributed by atoms with Gasteiger partial charge in [0.25, 0.3) is 0 Å². The van der Waals surface area contributed by atoms with E-state index in [1.54, 1.807) is 0 Å². The van der Waals surface area contributed by atoms with Crippen molar-refractivity contribution in [1.82, 2.24) is 5.32 Å². The molecule has 17 heavy (non-hydrogen) atoms. The summed E-state index contributed by atoms with van der Waals surface area (Å²) in [6.07, 6.45) is 1.18. The number of hydrogen-bond acceptors (Lipinski definition) is 1. The molecule has 0 saturated carbocycles. The summed E-state index contributed by atoms with van der Waals surface area (Å²) >= 11 is 0. The Morgan fingerprint density at radius 2 is 1.41 bits per heavy atom. The van der Waals surface area contributed by atoms with Crippen LogP contribution in [0.1, 0.15) is 38.8 Å². The molecule has 2 heteroatoms. The van der Waals surface area contributed by atoms with Gasteiger partial charge < -0.3 is 5.32 Å². The Hall–Kier alpha value is -0.530. The lowest BCUT2D eigenvalue weighted by molar-refractivity contribution is 0.552. The third kappa shape index (κ3) is 7.40. The fraction of sp³-hybridized carbons (Fsp3) is 0.600. The van der Waals surface area contributed by atoms with Crippen molar-refractivity contribution in [2.75, 3.05) is 6.54 Å². The molecular weight excluding hydrogens is 230 g/mol. The van der Waals surface area contributed by atoms with Gasteiger partial charge in [0, 0.05) is 6.54 Å². The lowest BCUT2D eigenvalue weighted by atomic mass is 10.0. The zero-order valence-electron chi connectivity index (χ0n) is 11.5. The molecular formula is C15H26ClN. The third-order valence-electron chi connectivity index (χ3n) is 2.55. The van der Waals surface area contributed by atoms with E-state index in [9.17, 15) is 0 Å². The maximum absolute atomic E-state index is 3.46. The van der Waals surface area contributed by atoms with Crippen molar-refractivity contribution in [2.45, 2.75) is 40.7 Å². The van der Waals surface area contributed by atoms with Gasteiger partial charge in [0.15, 0.2) is 0 Å². The van der Waals surface area contributed by atoms with E-state index < -0.39 is 0 Å². The number of halogens is 1. The second kappa shape index (κ2) is 8.54. The van der Waals surface area contributed by atoms with Gasteiger partial charge in [-0.05, 0) is 35.9 Å². The van der Waals surface area contributed by atoms with Gasteiger partial charge in [-0.25, -0.2) is 0 Å². The molecule has 1 N–H and O–H groups in total. The Morgan fingerprint density at radius 1 is 0.882 bits per heavy atom. The highest BCUT2D eigenvalue weighted by atomic mass is 35.5. The molecule has 1 rings (SSSR count). The van der Waals surface area contributed by atoms with Crippen LogP contribution < -0.4 is 5.32 Å². The second-order valence-corrected chi connectivity index (χ2v) is 5.44. The summed E-state index contributed by atoms with van der Waals surface area (Å²) in [5.41, 5.74) is 2.83. The van der Waals surface area contributed by atoms with Gasteiger partial charge in [0.1, 0.15) is 0 Å². The summed E-state index contributed by atoms with van der Waals surface area (Å²) in [5, 5.41) is 3.46. The first-order valence-electron chi connectivity index (χ1n) is 6.36. The first kappa shape index (κ1) is 16.5. The minimum absolute atomic E-state index is 0. The van der Waals surface area contributed by atoms with E-state index in [-0.39, 0.29) is 12.4 Å². The van der Waals surface area contributed by atoms with Gasteiger partial charge in [-0.1, -0.05) is 52.0 Å². The molecule has 1 aromatic rings. The van der Waals surface area contributed by atoms with E-state index >= 15 is 0 Å². The third-order valence-corrected chi connectivity index (χ3v) is 2.55. The van der Waals surface area contributed by atoms with Gasteiger partial charge >= 0.3 is 0 Å². The molecule has 0 aliphatic carbocycles. The van der Waals surface area contributed by atoms with E-state index in [1.165, 1.54) is 17.5 Å².